The lowest BCUT2D eigenvalue weighted by Crippen LogP contribution is -2.04. The molecule has 0 fully saturated rings. The molecule has 2 aromatic carbocycles. The topological polar surface area (TPSA) is 70.3 Å². The van der Waals surface area contributed by atoms with Crippen molar-refractivity contribution in [3.63, 3.8) is 0 Å². The van der Waals surface area contributed by atoms with Gasteiger partial charge in [0.25, 0.3) is 0 Å². The van der Waals surface area contributed by atoms with Crippen molar-refractivity contribution in [1.29, 1.82) is 0 Å². The van der Waals surface area contributed by atoms with Gasteiger partial charge in [-0.2, -0.15) is 5.10 Å². The van der Waals surface area contributed by atoms with Crippen LogP contribution in [0.3, 0.4) is 0 Å². The summed E-state index contributed by atoms with van der Waals surface area (Å²) in [4.78, 5) is 0. The van der Waals surface area contributed by atoms with Gasteiger partial charge in [0.1, 0.15) is 0 Å². The van der Waals surface area contributed by atoms with Crippen LogP contribution in [0.4, 0.5) is 5.69 Å². The summed E-state index contributed by atoms with van der Waals surface area (Å²) in [5, 5.41) is 26.8. The average molecular weight is 281 g/mol. The lowest BCUT2D eigenvalue weighted by molar-refractivity contribution is 0.400. The Bertz CT molecular complexity index is 739. The number of aromatic hydroxyl groups is 2. The van der Waals surface area contributed by atoms with E-state index < -0.39 is 0 Å². The molecule has 3 N–H and O–H groups in total. The average Bonchev–Trinajstić information content (AvgIpc) is 3.03. The standard InChI is InChI=1S/C16H15N3O2/c20-15-8-3-5-12(16(15)21)11-17-13-6-1-2-7-14(13)19-10-4-9-18-19/h1-10,17,20-21H,11H2. The first-order valence-electron chi connectivity index (χ1n) is 6.58. The Hall–Kier alpha value is -2.95. The summed E-state index contributed by atoms with van der Waals surface area (Å²) in [7, 11) is 0. The van der Waals surface area contributed by atoms with Crippen molar-refractivity contribution in [2.24, 2.45) is 0 Å². The third kappa shape index (κ3) is 2.67. The molecule has 3 aromatic rings. The van der Waals surface area contributed by atoms with Crippen molar-refractivity contribution < 1.29 is 10.2 Å². The molecule has 21 heavy (non-hydrogen) atoms. The lowest BCUT2D eigenvalue weighted by Gasteiger charge is -2.13. The zero-order chi connectivity index (χ0) is 14.7. The molecule has 0 spiro atoms. The van der Waals surface area contributed by atoms with E-state index in [9.17, 15) is 10.2 Å². The van der Waals surface area contributed by atoms with E-state index >= 15 is 0 Å². The maximum Gasteiger partial charge on any atom is 0.162 e. The molecule has 1 heterocycles. The molecule has 5 nitrogen and oxygen atoms in total. The lowest BCUT2D eigenvalue weighted by atomic mass is 10.1. The molecule has 0 aliphatic heterocycles. The molecule has 106 valence electrons. The Labute approximate surface area is 122 Å². The van der Waals surface area contributed by atoms with E-state index in [0.29, 0.717) is 12.1 Å². The number of hydrogen-bond donors (Lipinski definition) is 3. The normalized spacial score (nSPS) is 10.5. The number of nitrogens with zero attached hydrogens (tertiary/aromatic N) is 2. The van der Waals surface area contributed by atoms with E-state index in [0.717, 1.165) is 11.4 Å². The highest BCUT2D eigenvalue weighted by Gasteiger charge is 2.07. The second-order valence-corrected chi connectivity index (χ2v) is 4.61. The highest BCUT2D eigenvalue weighted by Crippen LogP contribution is 2.29. The summed E-state index contributed by atoms with van der Waals surface area (Å²) in [5.41, 5.74) is 2.44. The van der Waals surface area contributed by atoms with Crippen LogP contribution in [0.15, 0.2) is 60.9 Å². The number of rotatable bonds is 4. The monoisotopic (exact) mass is 281 g/mol. The minimum atomic E-state index is -0.116. The van der Waals surface area contributed by atoms with E-state index in [1.807, 2.05) is 36.5 Å². The van der Waals surface area contributed by atoms with Gasteiger partial charge in [0.2, 0.25) is 0 Å². The highest BCUT2D eigenvalue weighted by atomic mass is 16.3. The van der Waals surface area contributed by atoms with E-state index in [1.165, 1.54) is 6.07 Å². The van der Waals surface area contributed by atoms with Gasteiger partial charge >= 0.3 is 0 Å². The molecule has 0 unspecified atom stereocenters. The van der Waals surface area contributed by atoms with Crippen molar-refractivity contribution >= 4 is 5.69 Å². The number of anilines is 1. The molecular formula is C16H15N3O2. The van der Waals surface area contributed by atoms with Crippen LogP contribution in [0.5, 0.6) is 11.5 Å². The third-order valence-corrected chi connectivity index (χ3v) is 3.22. The third-order valence-electron chi connectivity index (χ3n) is 3.22. The molecule has 1 aromatic heterocycles. The van der Waals surface area contributed by atoms with Gasteiger partial charge in [0.05, 0.1) is 11.4 Å². The van der Waals surface area contributed by atoms with Gasteiger partial charge in [-0.1, -0.05) is 24.3 Å². The van der Waals surface area contributed by atoms with Crippen molar-refractivity contribution in [1.82, 2.24) is 9.78 Å². The van der Waals surface area contributed by atoms with Crippen LogP contribution in [0.2, 0.25) is 0 Å². The molecule has 3 rings (SSSR count). The molecular weight excluding hydrogens is 266 g/mol. The first-order chi connectivity index (χ1) is 10.3. The predicted molar refractivity (Wildman–Crippen MR) is 80.7 cm³/mol. The van der Waals surface area contributed by atoms with Crippen molar-refractivity contribution in [3.8, 4) is 17.2 Å². The van der Waals surface area contributed by atoms with E-state index in [1.54, 1.807) is 23.0 Å². The van der Waals surface area contributed by atoms with Gasteiger partial charge in [0.15, 0.2) is 11.5 Å². The fourth-order valence-electron chi connectivity index (χ4n) is 2.15. The van der Waals surface area contributed by atoms with Crippen LogP contribution in [-0.4, -0.2) is 20.0 Å². The van der Waals surface area contributed by atoms with Crippen LogP contribution in [-0.2, 0) is 6.54 Å². The number of benzene rings is 2. The molecule has 0 atom stereocenters. The molecule has 0 saturated heterocycles. The predicted octanol–water partition coefficient (Wildman–Crippen LogP) is 2.90. The Morgan fingerprint density at radius 3 is 2.67 bits per heavy atom. The maximum atomic E-state index is 9.82. The van der Waals surface area contributed by atoms with Gasteiger partial charge in [-0.15, -0.1) is 0 Å². The molecule has 5 heteroatoms. The molecule has 0 aliphatic carbocycles. The van der Waals surface area contributed by atoms with Gasteiger partial charge in [-0.05, 0) is 24.3 Å². The Morgan fingerprint density at radius 1 is 1.00 bits per heavy atom. The minimum Gasteiger partial charge on any atom is -0.504 e. The first kappa shape index (κ1) is 13.1. The summed E-state index contributed by atoms with van der Waals surface area (Å²) >= 11 is 0. The summed E-state index contributed by atoms with van der Waals surface area (Å²) in [6, 6.07) is 14.5. The van der Waals surface area contributed by atoms with Crippen LogP contribution in [0, 0.1) is 0 Å². The van der Waals surface area contributed by atoms with Crippen LogP contribution >= 0.6 is 0 Å². The van der Waals surface area contributed by atoms with Crippen LogP contribution < -0.4 is 5.32 Å². The first-order valence-corrected chi connectivity index (χ1v) is 6.58. The largest absolute Gasteiger partial charge is 0.504 e. The Morgan fingerprint density at radius 2 is 1.86 bits per heavy atom. The van der Waals surface area contributed by atoms with Crippen LogP contribution in [0.1, 0.15) is 5.56 Å². The summed E-state index contributed by atoms with van der Waals surface area (Å²) in [6.45, 7) is 0.401. The van der Waals surface area contributed by atoms with Crippen molar-refractivity contribution in [2.75, 3.05) is 5.32 Å². The molecule has 0 saturated carbocycles. The molecule has 0 aliphatic rings. The van der Waals surface area contributed by atoms with E-state index in [-0.39, 0.29) is 11.5 Å². The van der Waals surface area contributed by atoms with Gasteiger partial charge in [-0.3, -0.25) is 0 Å². The quantitative estimate of drug-likeness (QED) is 0.643. The fraction of sp³-hybridized carbons (Fsp3) is 0.0625. The zero-order valence-corrected chi connectivity index (χ0v) is 11.3. The number of hydrogen-bond acceptors (Lipinski definition) is 4. The number of aromatic nitrogens is 2. The molecule has 0 bridgehead atoms. The SMILES string of the molecule is Oc1cccc(CNc2ccccc2-n2cccn2)c1O. The maximum absolute atomic E-state index is 9.82. The zero-order valence-electron chi connectivity index (χ0n) is 11.3. The van der Waals surface area contributed by atoms with E-state index in [4.69, 9.17) is 0 Å². The second-order valence-electron chi connectivity index (χ2n) is 4.61. The van der Waals surface area contributed by atoms with Crippen molar-refractivity contribution in [2.45, 2.75) is 6.54 Å². The number of para-hydroxylation sites is 3. The Balaban J connectivity index is 1.85. The summed E-state index contributed by atoms with van der Waals surface area (Å²) in [5.74, 6) is -0.212. The van der Waals surface area contributed by atoms with Crippen LogP contribution in [0.25, 0.3) is 5.69 Å². The number of nitrogens with one attached hydrogen (secondary N) is 1. The summed E-state index contributed by atoms with van der Waals surface area (Å²) in [6.07, 6.45) is 3.59. The highest BCUT2D eigenvalue weighted by molar-refractivity contribution is 5.61. The smallest absolute Gasteiger partial charge is 0.162 e. The summed E-state index contributed by atoms with van der Waals surface area (Å²) < 4.78 is 1.77. The second kappa shape index (κ2) is 5.58. The van der Waals surface area contributed by atoms with Gasteiger partial charge < -0.3 is 15.5 Å². The number of phenolic OH excluding ortho intramolecular Hbond substituents is 2. The van der Waals surface area contributed by atoms with Gasteiger partial charge in [0, 0.05) is 24.5 Å². The van der Waals surface area contributed by atoms with Crippen molar-refractivity contribution in [3.05, 3.63) is 66.5 Å². The molecule has 0 radical (unpaired) electrons. The van der Waals surface area contributed by atoms with Gasteiger partial charge in [-0.25, -0.2) is 4.68 Å². The van der Waals surface area contributed by atoms with E-state index in [2.05, 4.69) is 10.4 Å². The number of phenols is 2. The fourth-order valence-corrected chi connectivity index (χ4v) is 2.15. The Kier molecular flexibility index (Phi) is 3.47. The molecule has 0 amide bonds. The minimum absolute atomic E-state index is 0.0958.